The molecule has 0 bridgehead atoms. The zero-order valence-corrected chi connectivity index (χ0v) is 30.4. The van der Waals surface area contributed by atoms with Crippen molar-refractivity contribution in [2.75, 3.05) is 0 Å². The molecular formula is C48H33B2N3. The summed E-state index contributed by atoms with van der Waals surface area (Å²) in [4.78, 5) is 0. The zero-order chi connectivity index (χ0) is 35.0. The Bertz CT molecular complexity index is 3250. The Hall–Kier alpha value is -5.93. The monoisotopic (exact) mass is 673 g/mol. The molecule has 7 heterocycles. The van der Waals surface area contributed by atoms with Crippen molar-refractivity contribution in [2.24, 2.45) is 0 Å². The summed E-state index contributed by atoms with van der Waals surface area (Å²) >= 11 is 0. The fourth-order valence-electron chi connectivity index (χ4n) is 12.1. The Morgan fingerprint density at radius 2 is 0.679 bits per heavy atom. The normalized spacial score (nSPS) is 14.4. The molecule has 4 aliphatic heterocycles. The number of fused-ring (bicyclic) bond motifs is 13. The molecule has 0 unspecified atom stereocenters. The standard InChI is InChI=1S/C48H33B2N3/c1-24-12-6-14-26-28-16-8-20-32-41(28)51(39(24)26)45-36(48(3,4)5)46-38-47-37(45)49(32)34-22-10-18-30-31-19-11-23-35(44(31)53(47)43(30)34)50(38)33-21-9-17-29-27-15-7-13-25(2)40(27)52(46)42(29)33/h6-23H,1-5H3. The zero-order valence-electron chi connectivity index (χ0n) is 30.4. The molecule has 0 atom stereocenters. The molecule has 53 heavy (non-hydrogen) atoms. The molecule has 3 nitrogen and oxygen atoms in total. The van der Waals surface area contributed by atoms with Crippen LogP contribution in [-0.2, 0) is 5.41 Å². The third-order valence-electron chi connectivity index (χ3n) is 13.7. The maximum absolute atomic E-state index is 2.74. The summed E-state index contributed by atoms with van der Waals surface area (Å²) in [5, 5.41) is 8.13. The van der Waals surface area contributed by atoms with Crippen LogP contribution in [0.5, 0.6) is 0 Å². The minimum atomic E-state index is -0.184. The first-order valence-corrected chi connectivity index (χ1v) is 19.2. The Balaban J connectivity index is 1.38. The summed E-state index contributed by atoms with van der Waals surface area (Å²) in [7, 11) is 0. The maximum Gasteiger partial charge on any atom is 0.252 e. The fourth-order valence-corrected chi connectivity index (χ4v) is 12.1. The number of hydrogen-bond acceptors (Lipinski definition) is 0. The van der Waals surface area contributed by atoms with E-state index in [0.717, 1.165) is 0 Å². The van der Waals surface area contributed by atoms with E-state index in [-0.39, 0.29) is 18.8 Å². The summed E-state index contributed by atoms with van der Waals surface area (Å²) in [5.41, 5.74) is 25.0. The van der Waals surface area contributed by atoms with Gasteiger partial charge in [-0.3, -0.25) is 0 Å². The maximum atomic E-state index is 2.74. The van der Waals surface area contributed by atoms with Crippen LogP contribution in [0, 0.1) is 13.8 Å². The molecule has 0 radical (unpaired) electrons. The second-order valence-corrected chi connectivity index (χ2v) is 17.3. The Kier molecular flexibility index (Phi) is 4.43. The molecule has 0 amide bonds. The molecule has 10 aromatic rings. The van der Waals surface area contributed by atoms with Gasteiger partial charge in [-0.15, -0.1) is 0 Å². The van der Waals surface area contributed by atoms with E-state index in [1.807, 2.05) is 0 Å². The average molecular weight is 673 g/mol. The number of rotatable bonds is 0. The molecule has 0 saturated carbocycles. The van der Waals surface area contributed by atoms with Crippen LogP contribution >= 0.6 is 0 Å². The van der Waals surface area contributed by atoms with E-state index in [1.165, 1.54) is 132 Å². The Labute approximate surface area is 307 Å². The van der Waals surface area contributed by atoms with Crippen LogP contribution < -0.4 is 32.8 Å². The highest BCUT2D eigenvalue weighted by Crippen LogP contribution is 2.48. The third-order valence-corrected chi connectivity index (χ3v) is 13.7. The molecule has 3 aromatic heterocycles. The number of aromatic nitrogens is 3. The molecule has 0 aliphatic carbocycles. The topological polar surface area (TPSA) is 14.8 Å². The van der Waals surface area contributed by atoms with Crippen LogP contribution in [0.2, 0.25) is 0 Å². The number of aryl methyl sites for hydroxylation is 2. The van der Waals surface area contributed by atoms with E-state index in [9.17, 15) is 0 Å². The van der Waals surface area contributed by atoms with Crippen LogP contribution in [0.15, 0.2) is 109 Å². The number of hydrogen-bond donors (Lipinski definition) is 0. The molecule has 0 N–H and O–H groups in total. The van der Waals surface area contributed by atoms with Crippen LogP contribution in [0.4, 0.5) is 0 Å². The van der Waals surface area contributed by atoms with Crippen LogP contribution in [0.1, 0.15) is 37.5 Å². The number of nitrogens with zero attached hydrogens (tertiary/aromatic N) is 3. The molecule has 7 aromatic carbocycles. The highest BCUT2D eigenvalue weighted by molar-refractivity contribution is 7.04. The minimum absolute atomic E-state index is 0.121. The van der Waals surface area contributed by atoms with Gasteiger partial charge < -0.3 is 13.7 Å². The minimum Gasteiger partial charge on any atom is -0.311 e. The van der Waals surface area contributed by atoms with Gasteiger partial charge in [0, 0.05) is 77.0 Å². The van der Waals surface area contributed by atoms with Gasteiger partial charge in [-0.05, 0) is 63.2 Å². The summed E-state index contributed by atoms with van der Waals surface area (Å²) in [5.74, 6) is 0. The SMILES string of the molecule is Cc1cccc2c3cccc4c3n(c12)-c1c2c3c5c(c1C(C)(C)C)-n1c6c(C)cccc6c6cccc(c61)B5c1cccc5c6cccc(c6n-3c15)B24. The van der Waals surface area contributed by atoms with Crippen molar-refractivity contribution in [1.29, 1.82) is 0 Å². The van der Waals surface area contributed by atoms with E-state index >= 15 is 0 Å². The number of benzene rings is 7. The van der Waals surface area contributed by atoms with Crippen molar-refractivity contribution in [3.05, 3.63) is 126 Å². The Morgan fingerprint density at radius 3 is 1.02 bits per heavy atom. The molecule has 0 fully saturated rings. The van der Waals surface area contributed by atoms with Crippen molar-refractivity contribution >= 4 is 112 Å². The lowest BCUT2D eigenvalue weighted by Gasteiger charge is -2.44. The van der Waals surface area contributed by atoms with E-state index < -0.39 is 0 Å². The fraction of sp³-hybridized carbons (Fsp3) is 0.125. The predicted molar refractivity (Wildman–Crippen MR) is 227 cm³/mol. The van der Waals surface area contributed by atoms with E-state index in [4.69, 9.17) is 0 Å². The van der Waals surface area contributed by atoms with Crippen molar-refractivity contribution in [1.82, 2.24) is 13.7 Å². The van der Waals surface area contributed by atoms with E-state index in [0.29, 0.717) is 0 Å². The molecule has 4 aliphatic rings. The molecule has 14 rings (SSSR count). The van der Waals surface area contributed by atoms with Crippen molar-refractivity contribution < 1.29 is 0 Å². The number of para-hydroxylation sites is 6. The first-order chi connectivity index (χ1) is 25.8. The first-order valence-electron chi connectivity index (χ1n) is 19.2. The third kappa shape index (κ3) is 2.76. The lowest BCUT2D eigenvalue weighted by Crippen LogP contribution is -2.67. The van der Waals surface area contributed by atoms with Gasteiger partial charge in [-0.1, -0.05) is 130 Å². The molecule has 0 saturated heterocycles. The van der Waals surface area contributed by atoms with Gasteiger partial charge in [0.2, 0.25) is 0 Å². The summed E-state index contributed by atoms with van der Waals surface area (Å²) < 4.78 is 8.20. The summed E-state index contributed by atoms with van der Waals surface area (Å²) in [6.07, 6.45) is 0. The molecule has 5 heteroatoms. The molecular weight excluding hydrogens is 640 g/mol. The lowest BCUT2D eigenvalue weighted by molar-refractivity contribution is 0.585. The molecule has 0 spiro atoms. The lowest BCUT2D eigenvalue weighted by atomic mass is 9.29. The smallest absolute Gasteiger partial charge is 0.252 e. The molecule has 246 valence electrons. The first kappa shape index (κ1) is 27.7. The van der Waals surface area contributed by atoms with Gasteiger partial charge >= 0.3 is 0 Å². The van der Waals surface area contributed by atoms with E-state index in [1.54, 1.807) is 0 Å². The highest BCUT2D eigenvalue weighted by Gasteiger charge is 2.51. The van der Waals surface area contributed by atoms with Crippen LogP contribution in [0.3, 0.4) is 0 Å². The average Bonchev–Trinajstić information content (AvgIpc) is 3.81. The summed E-state index contributed by atoms with van der Waals surface area (Å²) in [6.45, 7) is 12.2. The van der Waals surface area contributed by atoms with Gasteiger partial charge in [0.15, 0.2) is 0 Å². The van der Waals surface area contributed by atoms with Gasteiger partial charge in [-0.25, -0.2) is 0 Å². The van der Waals surface area contributed by atoms with Crippen LogP contribution in [-0.4, -0.2) is 27.1 Å². The summed E-state index contributed by atoms with van der Waals surface area (Å²) in [6, 6.07) is 42.3. The highest BCUT2D eigenvalue weighted by atomic mass is 15.1. The Morgan fingerprint density at radius 1 is 0.377 bits per heavy atom. The second-order valence-electron chi connectivity index (χ2n) is 17.3. The van der Waals surface area contributed by atoms with Gasteiger partial charge in [0.05, 0.1) is 11.0 Å². The largest absolute Gasteiger partial charge is 0.311 e. The van der Waals surface area contributed by atoms with Gasteiger partial charge in [0.1, 0.15) is 0 Å². The van der Waals surface area contributed by atoms with Gasteiger partial charge in [0.25, 0.3) is 13.4 Å². The van der Waals surface area contributed by atoms with Gasteiger partial charge in [-0.2, -0.15) is 0 Å². The van der Waals surface area contributed by atoms with Crippen molar-refractivity contribution in [3.8, 4) is 17.1 Å². The van der Waals surface area contributed by atoms with Crippen LogP contribution in [0.25, 0.3) is 82.5 Å². The predicted octanol–water partition coefficient (Wildman–Crippen LogP) is 7.18. The van der Waals surface area contributed by atoms with E-state index in [2.05, 4.69) is 158 Å². The van der Waals surface area contributed by atoms with Crippen molar-refractivity contribution in [2.45, 2.75) is 40.0 Å². The van der Waals surface area contributed by atoms with Crippen molar-refractivity contribution in [3.63, 3.8) is 0 Å². The quantitative estimate of drug-likeness (QED) is 0.152. The second kappa shape index (κ2) is 8.48.